The van der Waals surface area contributed by atoms with Crippen LogP contribution in [0.3, 0.4) is 0 Å². The van der Waals surface area contributed by atoms with Crippen molar-refractivity contribution >= 4 is 5.69 Å². The monoisotopic (exact) mass is 349 g/mol. The van der Waals surface area contributed by atoms with Gasteiger partial charge in [0.05, 0.1) is 24.8 Å². The second-order valence-corrected chi connectivity index (χ2v) is 7.05. The molecule has 2 bridgehead atoms. The number of fused-ring (bicyclic) bond motifs is 2. The van der Waals surface area contributed by atoms with Gasteiger partial charge in [0.25, 0.3) is 0 Å². The molecule has 0 saturated carbocycles. The summed E-state index contributed by atoms with van der Waals surface area (Å²) in [7, 11) is 4.07. The van der Waals surface area contributed by atoms with Crippen molar-refractivity contribution in [1.82, 2.24) is 10.2 Å². The lowest BCUT2D eigenvalue weighted by Crippen LogP contribution is -2.64. The minimum absolute atomic E-state index is 0.0899. The van der Waals surface area contributed by atoms with Crippen LogP contribution in [-0.4, -0.2) is 74.4 Å². The molecule has 25 heavy (non-hydrogen) atoms. The molecule has 140 valence electrons. The van der Waals surface area contributed by atoms with Crippen LogP contribution in [0.2, 0.25) is 0 Å². The van der Waals surface area contributed by atoms with Gasteiger partial charge >= 0.3 is 0 Å². The van der Waals surface area contributed by atoms with Crippen molar-refractivity contribution in [3.63, 3.8) is 0 Å². The molecule has 5 unspecified atom stereocenters. The number of aliphatic hydroxyl groups excluding tert-OH is 1. The zero-order valence-corrected chi connectivity index (χ0v) is 15.7. The number of hydrogen-bond acceptors (Lipinski definition) is 6. The fourth-order valence-electron chi connectivity index (χ4n) is 3.83. The summed E-state index contributed by atoms with van der Waals surface area (Å²) in [5, 5.41) is 14.5. The number of ether oxygens (including phenoxy) is 2. The van der Waals surface area contributed by atoms with Crippen LogP contribution in [0.15, 0.2) is 24.3 Å². The van der Waals surface area contributed by atoms with Gasteiger partial charge in [0, 0.05) is 26.3 Å². The summed E-state index contributed by atoms with van der Waals surface area (Å²) < 4.78 is 11.8. The summed E-state index contributed by atoms with van der Waals surface area (Å²) in [5.74, 6) is 0. The Morgan fingerprint density at radius 1 is 1.16 bits per heavy atom. The van der Waals surface area contributed by atoms with Crippen LogP contribution in [0.1, 0.15) is 19.4 Å². The van der Waals surface area contributed by atoms with E-state index in [1.807, 2.05) is 14.1 Å². The van der Waals surface area contributed by atoms with E-state index in [0.29, 0.717) is 13.2 Å². The van der Waals surface area contributed by atoms with Crippen molar-refractivity contribution in [2.24, 2.45) is 0 Å². The highest BCUT2D eigenvalue weighted by molar-refractivity contribution is 5.45. The third kappa shape index (κ3) is 3.83. The molecule has 5 atom stereocenters. The Bertz CT molecular complexity index is 545. The summed E-state index contributed by atoms with van der Waals surface area (Å²) in [6.07, 6.45) is -0.919. The van der Waals surface area contributed by atoms with Gasteiger partial charge in [0.1, 0.15) is 6.10 Å². The number of nitrogens with one attached hydrogen (secondary N) is 1. The molecule has 6 nitrogen and oxygen atoms in total. The molecule has 0 aromatic heterocycles. The summed E-state index contributed by atoms with van der Waals surface area (Å²) in [4.78, 5) is 4.30. The third-order valence-electron chi connectivity index (χ3n) is 5.36. The summed E-state index contributed by atoms with van der Waals surface area (Å²) in [6, 6.07) is 8.21. The zero-order valence-electron chi connectivity index (χ0n) is 15.7. The summed E-state index contributed by atoms with van der Waals surface area (Å²) in [6.45, 7) is 7.18. The van der Waals surface area contributed by atoms with Crippen molar-refractivity contribution in [2.45, 2.75) is 51.0 Å². The van der Waals surface area contributed by atoms with Crippen LogP contribution in [0, 0.1) is 0 Å². The van der Waals surface area contributed by atoms with E-state index in [2.05, 4.69) is 53.2 Å². The van der Waals surface area contributed by atoms with Gasteiger partial charge in [-0.05, 0) is 30.8 Å². The van der Waals surface area contributed by atoms with Gasteiger partial charge in [0.15, 0.2) is 6.29 Å². The van der Waals surface area contributed by atoms with Crippen LogP contribution in [0.25, 0.3) is 0 Å². The summed E-state index contributed by atoms with van der Waals surface area (Å²) >= 11 is 0. The van der Waals surface area contributed by atoms with Crippen molar-refractivity contribution < 1.29 is 14.6 Å². The van der Waals surface area contributed by atoms with E-state index in [9.17, 15) is 5.11 Å². The Hall–Kier alpha value is -1.18. The van der Waals surface area contributed by atoms with Crippen LogP contribution >= 0.6 is 0 Å². The van der Waals surface area contributed by atoms with Crippen LogP contribution in [-0.2, 0) is 16.0 Å². The molecule has 2 aliphatic heterocycles. The van der Waals surface area contributed by atoms with Crippen molar-refractivity contribution in [2.75, 3.05) is 38.7 Å². The average Bonchev–Trinajstić information content (AvgIpc) is 3.04. The first kappa shape index (κ1) is 18.6. The third-order valence-corrected chi connectivity index (χ3v) is 5.36. The maximum Gasteiger partial charge on any atom is 0.176 e. The molecule has 0 amide bonds. The van der Waals surface area contributed by atoms with Crippen molar-refractivity contribution in [3.05, 3.63) is 29.8 Å². The number of anilines is 1. The van der Waals surface area contributed by atoms with E-state index in [0.717, 1.165) is 13.1 Å². The lowest BCUT2D eigenvalue weighted by Gasteiger charge is -2.43. The first-order valence-electron chi connectivity index (χ1n) is 9.24. The van der Waals surface area contributed by atoms with Crippen LogP contribution in [0.5, 0.6) is 0 Å². The van der Waals surface area contributed by atoms with E-state index in [1.54, 1.807) is 0 Å². The van der Waals surface area contributed by atoms with Gasteiger partial charge in [-0.2, -0.15) is 0 Å². The highest BCUT2D eigenvalue weighted by atomic mass is 16.7. The molecule has 2 saturated heterocycles. The molecule has 2 heterocycles. The molecule has 1 aromatic carbocycles. The largest absolute Gasteiger partial charge is 0.390 e. The Morgan fingerprint density at radius 2 is 1.84 bits per heavy atom. The Morgan fingerprint density at radius 3 is 2.44 bits per heavy atom. The van der Waals surface area contributed by atoms with Gasteiger partial charge < -0.3 is 24.8 Å². The van der Waals surface area contributed by atoms with Crippen LogP contribution in [0.4, 0.5) is 5.69 Å². The maximum atomic E-state index is 11.0. The molecular formula is C19H31N3O3. The number of rotatable bonds is 7. The normalized spacial score (nSPS) is 31.5. The SMILES string of the molecule is CCN(CC)C1C2OCC(O2)C(NCc2ccc(N(C)C)cc2)C1O. The molecular weight excluding hydrogens is 318 g/mol. The van der Waals surface area contributed by atoms with Gasteiger partial charge in [-0.25, -0.2) is 0 Å². The van der Waals surface area contributed by atoms with Gasteiger partial charge in [-0.15, -0.1) is 0 Å². The van der Waals surface area contributed by atoms with E-state index in [-0.39, 0.29) is 24.5 Å². The first-order chi connectivity index (χ1) is 12.0. The molecule has 2 fully saturated rings. The molecule has 2 aliphatic rings. The van der Waals surface area contributed by atoms with Crippen molar-refractivity contribution in [1.29, 1.82) is 0 Å². The van der Waals surface area contributed by atoms with Crippen molar-refractivity contribution in [3.8, 4) is 0 Å². The molecule has 0 spiro atoms. The number of benzene rings is 1. The number of aliphatic hydroxyl groups is 1. The molecule has 2 N–H and O–H groups in total. The lowest BCUT2D eigenvalue weighted by molar-refractivity contribution is -0.181. The molecule has 1 aromatic rings. The quantitative estimate of drug-likeness (QED) is 0.767. The second kappa shape index (κ2) is 8.01. The zero-order chi connectivity index (χ0) is 18.0. The topological polar surface area (TPSA) is 57.2 Å². The minimum atomic E-state index is -0.507. The van der Waals surface area contributed by atoms with E-state index in [1.165, 1.54) is 11.3 Å². The van der Waals surface area contributed by atoms with Gasteiger partial charge in [-0.1, -0.05) is 26.0 Å². The maximum absolute atomic E-state index is 11.0. The fraction of sp³-hybridized carbons (Fsp3) is 0.684. The van der Waals surface area contributed by atoms with E-state index >= 15 is 0 Å². The Kier molecular flexibility index (Phi) is 5.96. The standard InChI is InChI=1S/C19H31N3O3/c1-5-22(6-2)17-18(23)16(15-12-24-19(17)25-15)20-11-13-7-9-14(10-8-13)21(3)4/h7-10,15-20,23H,5-6,11-12H2,1-4H3. The minimum Gasteiger partial charge on any atom is -0.390 e. The average molecular weight is 349 g/mol. The lowest BCUT2D eigenvalue weighted by atomic mass is 9.94. The number of nitrogens with zero attached hydrogens (tertiary/aromatic N) is 2. The predicted molar refractivity (Wildman–Crippen MR) is 98.7 cm³/mol. The molecule has 0 radical (unpaired) electrons. The summed E-state index contributed by atoms with van der Waals surface area (Å²) in [5.41, 5.74) is 2.37. The number of likely N-dealkylation sites (N-methyl/N-ethyl adjacent to an activating group) is 1. The Balaban J connectivity index is 1.66. The Labute approximate surface area is 150 Å². The molecule has 0 aliphatic carbocycles. The number of hydrogen-bond donors (Lipinski definition) is 2. The van der Waals surface area contributed by atoms with E-state index < -0.39 is 6.10 Å². The van der Waals surface area contributed by atoms with Gasteiger partial charge in [0.2, 0.25) is 0 Å². The van der Waals surface area contributed by atoms with Gasteiger partial charge in [-0.3, -0.25) is 4.90 Å². The van der Waals surface area contributed by atoms with Crippen LogP contribution < -0.4 is 10.2 Å². The fourth-order valence-corrected chi connectivity index (χ4v) is 3.83. The molecule has 6 heteroatoms. The van der Waals surface area contributed by atoms with E-state index in [4.69, 9.17) is 9.47 Å². The first-order valence-corrected chi connectivity index (χ1v) is 9.24. The highest BCUT2D eigenvalue weighted by Crippen LogP contribution is 2.31. The second-order valence-electron chi connectivity index (χ2n) is 7.05. The highest BCUT2D eigenvalue weighted by Gasteiger charge is 2.51. The molecule has 3 rings (SSSR count). The predicted octanol–water partition coefficient (Wildman–Crippen LogP) is 1.04. The smallest absolute Gasteiger partial charge is 0.176 e.